The topological polar surface area (TPSA) is 142 Å². The minimum atomic E-state index is -3.81. The fourth-order valence-corrected chi connectivity index (χ4v) is 4.27. The minimum absolute atomic E-state index is 0.0874. The number of aromatic nitrogens is 2. The number of hydrogen-bond acceptors (Lipinski definition) is 6. The molecule has 0 saturated carbocycles. The van der Waals surface area contributed by atoms with Crippen LogP contribution >= 0.6 is 0 Å². The van der Waals surface area contributed by atoms with Gasteiger partial charge >= 0.3 is 0 Å². The van der Waals surface area contributed by atoms with Gasteiger partial charge in [-0.15, -0.1) is 0 Å². The maximum atomic E-state index is 12.5. The molecule has 0 unspecified atom stereocenters. The molecule has 0 aliphatic heterocycles. The van der Waals surface area contributed by atoms with E-state index in [-0.39, 0.29) is 29.3 Å². The second kappa shape index (κ2) is 9.73. The van der Waals surface area contributed by atoms with Crippen molar-refractivity contribution in [2.75, 3.05) is 6.54 Å². The lowest BCUT2D eigenvalue weighted by Gasteiger charge is -2.09. The van der Waals surface area contributed by atoms with E-state index in [2.05, 4.69) is 20.7 Å². The zero-order valence-corrected chi connectivity index (χ0v) is 18.6. The van der Waals surface area contributed by atoms with Crippen LogP contribution in [0, 0.1) is 0 Å². The summed E-state index contributed by atoms with van der Waals surface area (Å²) in [5, 5.41) is 15.7. The Labute approximate surface area is 195 Å². The van der Waals surface area contributed by atoms with Crippen molar-refractivity contribution >= 4 is 32.6 Å². The average molecular weight is 480 g/mol. The number of sulfonamides is 1. The van der Waals surface area contributed by atoms with Crippen LogP contribution in [0.2, 0.25) is 0 Å². The minimum Gasteiger partial charge on any atom is -0.504 e. The van der Waals surface area contributed by atoms with E-state index in [1.165, 1.54) is 16.9 Å². The van der Waals surface area contributed by atoms with E-state index in [1.54, 1.807) is 36.4 Å². The average Bonchev–Trinajstić information content (AvgIpc) is 3.24. The number of amides is 2. The SMILES string of the molecule is O=C(CCNS(=O)(=O)c1ccc2ccccc2c1)NNC(=O)c1nn(-c2ccccc2)cc1O. The van der Waals surface area contributed by atoms with Gasteiger partial charge in [-0.25, -0.2) is 17.8 Å². The van der Waals surface area contributed by atoms with E-state index in [1.807, 2.05) is 30.3 Å². The van der Waals surface area contributed by atoms with Gasteiger partial charge < -0.3 is 5.11 Å². The highest BCUT2D eigenvalue weighted by molar-refractivity contribution is 7.89. The Morgan fingerprint density at radius 3 is 2.38 bits per heavy atom. The molecule has 2 amide bonds. The lowest BCUT2D eigenvalue weighted by molar-refractivity contribution is -0.121. The molecule has 0 aliphatic rings. The van der Waals surface area contributed by atoms with E-state index in [4.69, 9.17) is 0 Å². The maximum absolute atomic E-state index is 12.5. The highest BCUT2D eigenvalue weighted by Crippen LogP contribution is 2.19. The Balaban J connectivity index is 1.29. The molecule has 0 radical (unpaired) electrons. The van der Waals surface area contributed by atoms with Crippen LogP contribution in [0.5, 0.6) is 5.75 Å². The quantitative estimate of drug-likeness (QED) is 0.298. The predicted octanol–water partition coefficient (Wildman–Crippen LogP) is 1.86. The molecule has 4 N–H and O–H groups in total. The van der Waals surface area contributed by atoms with Crippen molar-refractivity contribution in [3.8, 4) is 11.4 Å². The summed E-state index contributed by atoms with van der Waals surface area (Å²) in [6, 6.07) is 21.0. The predicted molar refractivity (Wildman–Crippen MR) is 125 cm³/mol. The first-order valence-corrected chi connectivity index (χ1v) is 11.7. The number of benzene rings is 3. The molecule has 4 aromatic rings. The van der Waals surface area contributed by atoms with E-state index in [9.17, 15) is 23.1 Å². The van der Waals surface area contributed by atoms with Gasteiger partial charge in [0.05, 0.1) is 16.8 Å². The first kappa shape index (κ1) is 23.0. The molecule has 1 aromatic heterocycles. The Hall–Kier alpha value is -4.22. The molecule has 4 rings (SSSR count). The van der Waals surface area contributed by atoms with Crippen LogP contribution in [-0.4, -0.2) is 41.7 Å². The molecule has 0 fully saturated rings. The third-order valence-corrected chi connectivity index (χ3v) is 6.38. The van der Waals surface area contributed by atoms with Gasteiger partial charge in [0.1, 0.15) is 0 Å². The van der Waals surface area contributed by atoms with Gasteiger partial charge in [-0.3, -0.25) is 20.4 Å². The fraction of sp³-hybridized carbons (Fsp3) is 0.0870. The molecular weight excluding hydrogens is 458 g/mol. The lowest BCUT2D eigenvalue weighted by Crippen LogP contribution is -2.43. The highest BCUT2D eigenvalue weighted by Gasteiger charge is 2.18. The van der Waals surface area contributed by atoms with Crippen molar-refractivity contribution in [1.29, 1.82) is 0 Å². The maximum Gasteiger partial charge on any atom is 0.294 e. The van der Waals surface area contributed by atoms with Gasteiger partial charge in [-0.1, -0.05) is 48.5 Å². The number of rotatable bonds is 7. The fourth-order valence-electron chi connectivity index (χ4n) is 3.20. The van der Waals surface area contributed by atoms with Gasteiger partial charge in [0.25, 0.3) is 5.91 Å². The van der Waals surface area contributed by atoms with Crippen molar-refractivity contribution in [2.45, 2.75) is 11.3 Å². The molecule has 11 heteroatoms. The van der Waals surface area contributed by atoms with Crippen LogP contribution in [0.1, 0.15) is 16.9 Å². The lowest BCUT2D eigenvalue weighted by atomic mass is 10.1. The smallest absolute Gasteiger partial charge is 0.294 e. The number of nitrogens with one attached hydrogen (secondary N) is 3. The number of hydrogen-bond donors (Lipinski definition) is 4. The Bertz CT molecular complexity index is 1450. The van der Waals surface area contributed by atoms with E-state index >= 15 is 0 Å². The normalized spacial score (nSPS) is 11.3. The van der Waals surface area contributed by atoms with Gasteiger partial charge in [0, 0.05) is 13.0 Å². The summed E-state index contributed by atoms with van der Waals surface area (Å²) >= 11 is 0. The largest absolute Gasteiger partial charge is 0.504 e. The molecule has 1 heterocycles. The number of nitrogens with zero attached hydrogens (tertiary/aromatic N) is 2. The summed E-state index contributed by atoms with van der Waals surface area (Å²) in [6.07, 6.45) is 1.05. The second-order valence-electron chi connectivity index (χ2n) is 7.30. The first-order valence-electron chi connectivity index (χ1n) is 10.3. The summed E-state index contributed by atoms with van der Waals surface area (Å²) in [5.41, 5.74) is 4.69. The molecule has 34 heavy (non-hydrogen) atoms. The zero-order chi connectivity index (χ0) is 24.1. The summed E-state index contributed by atoms with van der Waals surface area (Å²) in [6.45, 7) is -0.176. The van der Waals surface area contributed by atoms with Crippen molar-refractivity contribution < 1.29 is 23.1 Å². The van der Waals surface area contributed by atoms with E-state index in [0.29, 0.717) is 5.69 Å². The number of carbonyl (C=O) groups excluding carboxylic acids is 2. The number of carbonyl (C=O) groups is 2. The number of fused-ring (bicyclic) bond motifs is 1. The van der Waals surface area contributed by atoms with Crippen LogP contribution in [-0.2, 0) is 14.8 Å². The Morgan fingerprint density at radius 1 is 0.912 bits per heavy atom. The monoisotopic (exact) mass is 479 g/mol. The molecule has 174 valence electrons. The molecule has 3 aromatic carbocycles. The van der Waals surface area contributed by atoms with Crippen molar-refractivity contribution in [2.24, 2.45) is 0 Å². The van der Waals surface area contributed by atoms with Gasteiger partial charge in [-0.2, -0.15) is 5.10 Å². The van der Waals surface area contributed by atoms with Crippen LogP contribution in [0.25, 0.3) is 16.5 Å². The van der Waals surface area contributed by atoms with Crippen molar-refractivity contribution in [1.82, 2.24) is 25.4 Å². The number of aromatic hydroxyl groups is 1. The van der Waals surface area contributed by atoms with Gasteiger partial charge in [0.15, 0.2) is 11.4 Å². The zero-order valence-electron chi connectivity index (χ0n) is 17.8. The van der Waals surface area contributed by atoms with Crippen LogP contribution in [0.15, 0.2) is 83.9 Å². The molecule has 0 saturated heterocycles. The first-order chi connectivity index (χ1) is 16.3. The number of para-hydroxylation sites is 1. The van der Waals surface area contributed by atoms with E-state index in [0.717, 1.165) is 10.8 Å². The Morgan fingerprint density at radius 2 is 1.62 bits per heavy atom. The van der Waals surface area contributed by atoms with Gasteiger partial charge in [-0.05, 0) is 35.0 Å². The third kappa shape index (κ3) is 5.22. The van der Waals surface area contributed by atoms with Crippen molar-refractivity contribution in [3.63, 3.8) is 0 Å². The molecule has 0 bridgehead atoms. The van der Waals surface area contributed by atoms with Crippen LogP contribution < -0.4 is 15.6 Å². The van der Waals surface area contributed by atoms with Crippen LogP contribution in [0.4, 0.5) is 0 Å². The third-order valence-electron chi connectivity index (χ3n) is 4.92. The second-order valence-corrected chi connectivity index (χ2v) is 9.07. The summed E-state index contributed by atoms with van der Waals surface area (Å²) < 4.78 is 28.7. The standard InChI is InChI=1S/C23H21N5O5S/c29-20-15-28(18-8-2-1-3-9-18)27-22(20)23(31)26-25-21(30)12-13-24-34(32,33)19-11-10-16-6-4-5-7-17(16)14-19/h1-11,14-15,24,29H,12-13H2,(H,25,30)(H,26,31). The molecule has 0 aliphatic carbocycles. The summed E-state index contributed by atoms with van der Waals surface area (Å²) in [7, 11) is -3.81. The molecule has 10 nitrogen and oxygen atoms in total. The molecule has 0 atom stereocenters. The Kier molecular flexibility index (Phi) is 6.57. The summed E-state index contributed by atoms with van der Waals surface area (Å²) in [4.78, 5) is 24.4. The van der Waals surface area contributed by atoms with Crippen molar-refractivity contribution in [3.05, 3.63) is 84.7 Å². The molecule has 0 spiro atoms. The number of hydrazine groups is 1. The molecular formula is C23H21N5O5S. The highest BCUT2D eigenvalue weighted by atomic mass is 32.2. The summed E-state index contributed by atoms with van der Waals surface area (Å²) in [5.74, 6) is -1.81. The van der Waals surface area contributed by atoms with E-state index < -0.39 is 21.8 Å². The van der Waals surface area contributed by atoms with Gasteiger partial charge in [0.2, 0.25) is 15.9 Å². The van der Waals surface area contributed by atoms with Crippen LogP contribution in [0.3, 0.4) is 0 Å².